The highest BCUT2D eigenvalue weighted by Gasteiger charge is 2.16. The number of rotatable bonds is 17. The Balaban J connectivity index is 1.31. The van der Waals surface area contributed by atoms with Crippen molar-refractivity contribution < 1.29 is 41.5 Å². The van der Waals surface area contributed by atoms with Crippen LogP contribution in [0.25, 0.3) is 0 Å². The number of carbonyl (C=O) groups excluding carboxylic acids is 1. The van der Waals surface area contributed by atoms with Crippen LogP contribution in [0, 0.1) is 0 Å². The summed E-state index contributed by atoms with van der Waals surface area (Å²) in [7, 11) is -4.00. The van der Waals surface area contributed by atoms with Gasteiger partial charge in [0.05, 0.1) is 30.4 Å². The van der Waals surface area contributed by atoms with Crippen molar-refractivity contribution in [1.29, 1.82) is 0 Å². The normalized spacial score (nSPS) is 11.0. The highest BCUT2D eigenvalue weighted by molar-refractivity contribution is 7.86. The van der Waals surface area contributed by atoms with Gasteiger partial charge in [-0.1, -0.05) is 35.9 Å². The lowest BCUT2D eigenvalue weighted by atomic mass is 10.1. The molecular formula is C33H32ClNO9S. The van der Waals surface area contributed by atoms with Gasteiger partial charge in [0.1, 0.15) is 17.2 Å². The molecule has 0 aliphatic carbocycles. The van der Waals surface area contributed by atoms with Crippen LogP contribution < -0.4 is 19.5 Å². The number of carbonyl (C=O) groups is 2. The Hall–Kier alpha value is -4.58. The van der Waals surface area contributed by atoms with Crippen LogP contribution in [-0.2, 0) is 25.5 Å². The lowest BCUT2D eigenvalue weighted by Crippen LogP contribution is -2.15. The van der Waals surface area contributed by atoms with Crippen LogP contribution in [0.2, 0.25) is 5.02 Å². The van der Waals surface area contributed by atoms with Crippen molar-refractivity contribution in [2.24, 2.45) is 0 Å². The number of aliphatic carboxylic acids is 1. The largest absolute Gasteiger partial charge is 0.494 e. The summed E-state index contributed by atoms with van der Waals surface area (Å²) in [6.07, 6.45) is 1.80. The molecule has 1 amide bonds. The molecule has 0 aliphatic rings. The fourth-order valence-corrected chi connectivity index (χ4v) is 5.07. The number of benzene rings is 4. The van der Waals surface area contributed by atoms with E-state index in [-0.39, 0.29) is 29.4 Å². The molecule has 4 aromatic rings. The third-order valence-corrected chi connectivity index (χ3v) is 7.89. The third kappa shape index (κ3) is 10.8. The van der Waals surface area contributed by atoms with Gasteiger partial charge < -0.3 is 24.6 Å². The van der Waals surface area contributed by atoms with Gasteiger partial charge in [0.15, 0.2) is 6.61 Å². The highest BCUT2D eigenvalue weighted by Crippen LogP contribution is 2.28. The topological polar surface area (TPSA) is 137 Å². The van der Waals surface area contributed by atoms with Crippen molar-refractivity contribution in [1.82, 2.24) is 0 Å². The molecule has 0 heterocycles. The van der Waals surface area contributed by atoms with E-state index in [0.717, 1.165) is 18.6 Å². The van der Waals surface area contributed by atoms with Crippen molar-refractivity contribution in [3.63, 3.8) is 0 Å². The van der Waals surface area contributed by atoms with Crippen LogP contribution >= 0.6 is 11.6 Å². The van der Waals surface area contributed by atoms with Crippen LogP contribution in [0.5, 0.6) is 17.2 Å². The van der Waals surface area contributed by atoms with E-state index in [0.29, 0.717) is 35.1 Å². The molecule has 236 valence electrons. The van der Waals surface area contributed by atoms with Gasteiger partial charge in [-0.3, -0.25) is 8.98 Å². The molecule has 4 rings (SSSR count). The summed E-state index contributed by atoms with van der Waals surface area (Å²) >= 11 is 5.83. The van der Waals surface area contributed by atoms with Gasteiger partial charge in [-0.15, -0.1) is 0 Å². The lowest BCUT2D eigenvalue weighted by molar-refractivity contribution is -0.139. The minimum Gasteiger partial charge on any atom is -0.494 e. The quantitative estimate of drug-likeness (QED) is 0.100. The van der Waals surface area contributed by atoms with E-state index in [4.69, 9.17) is 35.1 Å². The molecule has 0 fully saturated rings. The maximum Gasteiger partial charge on any atom is 0.341 e. The Morgan fingerprint density at radius 2 is 1.40 bits per heavy atom. The zero-order valence-electron chi connectivity index (χ0n) is 24.2. The highest BCUT2D eigenvalue weighted by atomic mass is 35.5. The van der Waals surface area contributed by atoms with E-state index in [9.17, 15) is 18.0 Å². The third-order valence-electron chi connectivity index (χ3n) is 6.31. The molecule has 2 N–H and O–H groups in total. The van der Waals surface area contributed by atoms with Gasteiger partial charge in [-0.2, -0.15) is 8.42 Å². The van der Waals surface area contributed by atoms with Gasteiger partial charge in [0, 0.05) is 10.6 Å². The van der Waals surface area contributed by atoms with E-state index in [2.05, 4.69) is 5.32 Å². The monoisotopic (exact) mass is 653 g/mol. The Labute approximate surface area is 266 Å². The number of amides is 1. The Morgan fingerprint density at radius 3 is 2.04 bits per heavy atom. The number of carboxylic acid groups (broad SMARTS) is 1. The molecule has 0 radical (unpaired) electrons. The van der Waals surface area contributed by atoms with Crippen molar-refractivity contribution in [2.75, 3.05) is 31.7 Å². The molecule has 0 unspecified atom stereocenters. The average Bonchev–Trinajstić information content (AvgIpc) is 3.03. The first kappa shape index (κ1) is 33.3. The molecule has 0 spiro atoms. The van der Waals surface area contributed by atoms with E-state index in [1.54, 1.807) is 36.4 Å². The van der Waals surface area contributed by atoms with E-state index >= 15 is 0 Å². The number of unbranched alkanes of at least 4 members (excludes halogenated alkanes) is 1. The Bertz CT molecular complexity index is 1660. The predicted molar refractivity (Wildman–Crippen MR) is 169 cm³/mol. The molecule has 0 aromatic heterocycles. The maximum absolute atomic E-state index is 13.1. The van der Waals surface area contributed by atoms with Crippen LogP contribution in [0.15, 0.2) is 102 Å². The van der Waals surface area contributed by atoms with Crippen molar-refractivity contribution in [2.45, 2.75) is 24.2 Å². The molecule has 0 atom stereocenters. The summed E-state index contributed by atoms with van der Waals surface area (Å²) in [5.74, 6) is -0.0683. The average molecular weight is 654 g/mol. The first-order valence-corrected chi connectivity index (χ1v) is 15.8. The van der Waals surface area contributed by atoms with E-state index < -0.39 is 28.6 Å². The summed E-state index contributed by atoms with van der Waals surface area (Å²) in [5, 5.41) is 12.2. The number of nitrogens with one attached hydrogen (secondary N) is 1. The number of halogens is 1. The molecule has 0 saturated carbocycles. The van der Waals surface area contributed by atoms with Gasteiger partial charge in [-0.25, -0.2) is 4.79 Å². The Morgan fingerprint density at radius 1 is 0.756 bits per heavy atom. The second-order valence-electron chi connectivity index (χ2n) is 9.69. The van der Waals surface area contributed by atoms with E-state index in [1.807, 2.05) is 30.3 Å². The second-order valence-corrected chi connectivity index (χ2v) is 11.7. The number of anilines is 1. The van der Waals surface area contributed by atoms with E-state index in [1.165, 1.54) is 30.3 Å². The minimum absolute atomic E-state index is 0.0258. The molecule has 12 heteroatoms. The van der Waals surface area contributed by atoms with Crippen molar-refractivity contribution in [3.05, 3.63) is 113 Å². The van der Waals surface area contributed by atoms with Crippen molar-refractivity contribution >= 4 is 39.3 Å². The number of hydrogen-bond donors (Lipinski definition) is 2. The van der Waals surface area contributed by atoms with Gasteiger partial charge in [0.2, 0.25) is 0 Å². The fourth-order valence-electron chi connectivity index (χ4n) is 4.03. The molecule has 0 aliphatic heterocycles. The molecule has 0 bridgehead atoms. The number of hydrogen-bond acceptors (Lipinski definition) is 8. The lowest BCUT2D eigenvalue weighted by Gasteiger charge is -2.14. The summed E-state index contributed by atoms with van der Waals surface area (Å²) in [6, 6.07) is 26.5. The summed E-state index contributed by atoms with van der Waals surface area (Å²) in [5.41, 5.74) is 1.18. The van der Waals surface area contributed by atoms with Gasteiger partial charge in [0.25, 0.3) is 16.0 Å². The van der Waals surface area contributed by atoms with Crippen LogP contribution in [0.4, 0.5) is 5.69 Å². The van der Waals surface area contributed by atoms with Crippen LogP contribution in [0.3, 0.4) is 0 Å². The predicted octanol–water partition coefficient (Wildman–Crippen LogP) is 6.24. The van der Waals surface area contributed by atoms with Gasteiger partial charge >= 0.3 is 5.97 Å². The zero-order chi connectivity index (χ0) is 32.1. The van der Waals surface area contributed by atoms with Crippen LogP contribution in [-0.4, -0.2) is 51.8 Å². The fraction of sp³-hybridized carbons (Fsp3) is 0.212. The SMILES string of the molecule is O=C(O)COc1ccc(CCOS(=O)(=O)c2ccc(Cl)cc2)cc1NC(=O)c1ccc(OCCCCOc2ccccc2)cc1. The number of ether oxygens (including phenoxy) is 3. The summed E-state index contributed by atoms with van der Waals surface area (Å²) in [6.45, 7) is 0.289. The molecule has 45 heavy (non-hydrogen) atoms. The van der Waals surface area contributed by atoms with Crippen LogP contribution in [0.1, 0.15) is 28.8 Å². The minimum atomic E-state index is -4.00. The molecular weight excluding hydrogens is 622 g/mol. The molecule has 4 aromatic carbocycles. The standard InChI is InChI=1S/C33H32ClNO9S/c34-26-11-15-29(16-12-26)45(39,40)44-21-18-24-8-17-31(43-23-32(36)37)30(22-24)35-33(38)25-9-13-28(14-10-25)42-20-5-4-19-41-27-6-2-1-3-7-27/h1-3,6-17,22H,4-5,18-21,23H2,(H,35,38)(H,36,37). The first-order chi connectivity index (χ1) is 21.7. The maximum atomic E-state index is 13.1. The molecule has 10 nitrogen and oxygen atoms in total. The molecule has 0 saturated heterocycles. The van der Waals surface area contributed by atoms with Gasteiger partial charge in [-0.05, 0) is 97.6 Å². The second kappa shape index (κ2) is 16.5. The summed E-state index contributed by atoms with van der Waals surface area (Å²) < 4.78 is 46.9. The van der Waals surface area contributed by atoms with Crippen molar-refractivity contribution in [3.8, 4) is 17.2 Å². The zero-order valence-corrected chi connectivity index (χ0v) is 25.8. The first-order valence-electron chi connectivity index (χ1n) is 14.0. The summed E-state index contributed by atoms with van der Waals surface area (Å²) in [4.78, 5) is 24.1. The Kier molecular flexibility index (Phi) is 12.2. The smallest absolute Gasteiger partial charge is 0.341 e. The number of carboxylic acids is 1. The number of para-hydroxylation sites is 1.